The zero-order chi connectivity index (χ0) is 20.9. The molecule has 2 aromatic heterocycles. The molecular weight excluding hydrogens is 422 g/mol. The number of hydrogen-bond acceptors (Lipinski definition) is 5. The fourth-order valence-corrected chi connectivity index (χ4v) is 4.72. The van der Waals surface area contributed by atoms with E-state index < -0.39 is 0 Å². The lowest BCUT2D eigenvalue weighted by atomic mass is 9.97. The van der Waals surface area contributed by atoms with Gasteiger partial charge in [0.25, 0.3) is 5.91 Å². The first kappa shape index (κ1) is 20.6. The van der Waals surface area contributed by atoms with E-state index in [4.69, 9.17) is 16.0 Å². The average Bonchev–Trinajstić information content (AvgIpc) is 3.46. The van der Waals surface area contributed by atoms with Crippen LogP contribution in [0.25, 0.3) is 0 Å². The molecule has 4 rings (SSSR count). The van der Waals surface area contributed by atoms with Crippen molar-refractivity contribution in [2.24, 2.45) is 0 Å². The van der Waals surface area contributed by atoms with Gasteiger partial charge in [0.2, 0.25) is 5.91 Å². The number of rotatable bonds is 6. The second kappa shape index (κ2) is 9.45. The molecule has 0 bridgehead atoms. The molecule has 0 aliphatic carbocycles. The first-order valence-corrected chi connectivity index (χ1v) is 11.1. The molecule has 1 saturated heterocycles. The number of halogens is 1. The number of hydrogen-bond donors (Lipinski definition) is 1. The van der Waals surface area contributed by atoms with Gasteiger partial charge in [0, 0.05) is 29.4 Å². The zero-order valence-electron chi connectivity index (χ0n) is 16.3. The summed E-state index contributed by atoms with van der Waals surface area (Å²) < 4.78 is 5.22. The van der Waals surface area contributed by atoms with Crippen molar-refractivity contribution in [2.45, 2.75) is 31.7 Å². The van der Waals surface area contributed by atoms with Gasteiger partial charge in [-0.3, -0.25) is 9.59 Å². The number of amides is 2. The van der Waals surface area contributed by atoms with E-state index >= 15 is 0 Å². The highest BCUT2D eigenvalue weighted by Crippen LogP contribution is 2.30. The fraction of sp³-hybridized carbons (Fsp3) is 0.318. The summed E-state index contributed by atoms with van der Waals surface area (Å²) in [5.74, 6) is 0.860. The molecule has 156 valence electrons. The molecule has 0 spiro atoms. The third-order valence-corrected chi connectivity index (χ3v) is 6.63. The monoisotopic (exact) mass is 443 g/mol. The minimum Gasteiger partial charge on any atom is -0.467 e. The number of likely N-dealkylation sites (tertiary alicyclic amines) is 1. The maximum Gasteiger partial charge on any atom is 0.271 e. The number of furan rings is 1. The summed E-state index contributed by atoms with van der Waals surface area (Å²) in [7, 11) is 0. The van der Waals surface area contributed by atoms with Gasteiger partial charge >= 0.3 is 0 Å². The lowest BCUT2D eigenvalue weighted by Gasteiger charge is -2.31. The first-order chi connectivity index (χ1) is 14.6. The van der Waals surface area contributed by atoms with Gasteiger partial charge in [-0.25, -0.2) is 4.98 Å². The highest BCUT2D eigenvalue weighted by Gasteiger charge is 2.26. The van der Waals surface area contributed by atoms with E-state index in [1.807, 2.05) is 29.2 Å². The van der Waals surface area contributed by atoms with Gasteiger partial charge in [-0.1, -0.05) is 29.8 Å². The van der Waals surface area contributed by atoms with E-state index in [-0.39, 0.29) is 17.7 Å². The molecule has 3 heterocycles. The Labute approximate surface area is 183 Å². The van der Waals surface area contributed by atoms with Gasteiger partial charge in [-0.05, 0) is 36.6 Å². The molecule has 2 amide bonds. The number of aromatic nitrogens is 1. The molecule has 3 aromatic rings. The van der Waals surface area contributed by atoms with Crippen molar-refractivity contribution in [3.63, 3.8) is 0 Å². The first-order valence-electron chi connectivity index (χ1n) is 9.87. The van der Waals surface area contributed by atoms with E-state index in [1.165, 1.54) is 11.3 Å². The van der Waals surface area contributed by atoms with Crippen LogP contribution in [0.5, 0.6) is 0 Å². The molecule has 1 N–H and O–H groups in total. The van der Waals surface area contributed by atoms with Crippen LogP contribution in [0.15, 0.2) is 52.5 Å². The third kappa shape index (κ3) is 4.91. The number of piperidine rings is 1. The summed E-state index contributed by atoms with van der Waals surface area (Å²) in [4.78, 5) is 31.4. The Morgan fingerprint density at radius 2 is 2.00 bits per heavy atom. The number of carbonyl (C=O) groups is 2. The number of nitrogens with zero attached hydrogens (tertiary/aromatic N) is 2. The second-order valence-corrected chi connectivity index (χ2v) is 8.55. The fourth-order valence-electron chi connectivity index (χ4n) is 3.54. The largest absolute Gasteiger partial charge is 0.467 e. The number of benzene rings is 1. The Morgan fingerprint density at radius 1 is 1.20 bits per heavy atom. The van der Waals surface area contributed by atoms with Crippen LogP contribution in [0.1, 0.15) is 45.6 Å². The Kier molecular flexibility index (Phi) is 6.50. The van der Waals surface area contributed by atoms with Crippen molar-refractivity contribution in [1.29, 1.82) is 0 Å². The lowest BCUT2D eigenvalue weighted by molar-refractivity contribution is -0.131. The molecule has 1 aliphatic rings. The number of thiazole rings is 1. The minimum atomic E-state index is -0.207. The summed E-state index contributed by atoms with van der Waals surface area (Å²) in [6.07, 6.45) is 3.58. The summed E-state index contributed by atoms with van der Waals surface area (Å²) in [5.41, 5.74) is 1.29. The van der Waals surface area contributed by atoms with Gasteiger partial charge in [-0.2, -0.15) is 0 Å². The van der Waals surface area contributed by atoms with Crippen LogP contribution in [-0.2, 0) is 17.8 Å². The molecule has 1 fully saturated rings. The van der Waals surface area contributed by atoms with Crippen LogP contribution < -0.4 is 5.32 Å². The molecule has 1 aliphatic heterocycles. The Hall–Kier alpha value is -2.64. The topological polar surface area (TPSA) is 75.4 Å². The summed E-state index contributed by atoms with van der Waals surface area (Å²) in [5, 5.41) is 6.19. The van der Waals surface area contributed by atoms with Gasteiger partial charge in [0.15, 0.2) is 0 Å². The lowest BCUT2D eigenvalue weighted by Crippen LogP contribution is -2.38. The van der Waals surface area contributed by atoms with Crippen molar-refractivity contribution in [2.75, 3.05) is 13.1 Å². The summed E-state index contributed by atoms with van der Waals surface area (Å²) in [6, 6.07) is 11.1. The van der Waals surface area contributed by atoms with Crippen LogP contribution in [0.2, 0.25) is 5.02 Å². The van der Waals surface area contributed by atoms with E-state index in [9.17, 15) is 9.59 Å². The maximum absolute atomic E-state index is 12.6. The molecule has 1 aromatic carbocycles. The smallest absolute Gasteiger partial charge is 0.271 e. The van der Waals surface area contributed by atoms with Crippen LogP contribution in [-0.4, -0.2) is 34.8 Å². The SMILES string of the molecule is O=C(NCc1ccco1)c1csc(C2CCN(C(=O)Cc3ccccc3Cl)CC2)n1. The van der Waals surface area contributed by atoms with Gasteiger partial charge in [0.05, 0.1) is 24.2 Å². The van der Waals surface area contributed by atoms with E-state index in [2.05, 4.69) is 10.3 Å². The molecule has 6 nitrogen and oxygen atoms in total. The van der Waals surface area contributed by atoms with E-state index in [0.717, 1.165) is 23.4 Å². The number of nitrogens with one attached hydrogen (secondary N) is 1. The van der Waals surface area contributed by atoms with E-state index in [0.29, 0.717) is 42.5 Å². The Morgan fingerprint density at radius 3 is 2.73 bits per heavy atom. The molecule has 0 saturated carbocycles. The van der Waals surface area contributed by atoms with Crippen molar-refractivity contribution in [1.82, 2.24) is 15.2 Å². The quantitative estimate of drug-likeness (QED) is 0.617. The summed E-state index contributed by atoms with van der Waals surface area (Å²) in [6.45, 7) is 1.71. The zero-order valence-corrected chi connectivity index (χ0v) is 17.9. The highest BCUT2D eigenvalue weighted by atomic mass is 35.5. The van der Waals surface area contributed by atoms with Crippen molar-refractivity contribution in [3.8, 4) is 0 Å². The van der Waals surface area contributed by atoms with Crippen molar-refractivity contribution < 1.29 is 14.0 Å². The van der Waals surface area contributed by atoms with Crippen LogP contribution in [0, 0.1) is 0 Å². The van der Waals surface area contributed by atoms with Crippen LogP contribution >= 0.6 is 22.9 Å². The average molecular weight is 444 g/mol. The van der Waals surface area contributed by atoms with Gasteiger partial charge in [0.1, 0.15) is 11.5 Å². The molecule has 0 radical (unpaired) electrons. The molecule has 0 atom stereocenters. The number of carbonyl (C=O) groups excluding carboxylic acids is 2. The summed E-state index contributed by atoms with van der Waals surface area (Å²) >= 11 is 7.68. The maximum atomic E-state index is 12.6. The van der Waals surface area contributed by atoms with Crippen molar-refractivity contribution >= 4 is 34.8 Å². The predicted octanol–water partition coefficient (Wildman–Crippen LogP) is 4.27. The molecule has 30 heavy (non-hydrogen) atoms. The second-order valence-electron chi connectivity index (χ2n) is 7.26. The Bertz CT molecular complexity index is 1010. The highest BCUT2D eigenvalue weighted by molar-refractivity contribution is 7.09. The third-order valence-electron chi connectivity index (χ3n) is 5.25. The molecule has 8 heteroatoms. The molecular formula is C22H22ClN3O3S. The van der Waals surface area contributed by atoms with E-state index in [1.54, 1.807) is 23.8 Å². The standard InChI is InChI=1S/C22H22ClN3O3S/c23-18-6-2-1-4-16(18)12-20(27)26-9-7-15(8-10-26)22-25-19(14-30-22)21(28)24-13-17-5-3-11-29-17/h1-6,11,14-15H,7-10,12-13H2,(H,24,28). The van der Waals surface area contributed by atoms with Gasteiger partial charge < -0.3 is 14.6 Å². The van der Waals surface area contributed by atoms with Crippen molar-refractivity contribution in [3.05, 3.63) is 75.1 Å². The van der Waals surface area contributed by atoms with Gasteiger partial charge in [-0.15, -0.1) is 11.3 Å². The normalized spacial score (nSPS) is 14.6. The minimum absolute atomic E-state index is 0.0960. The predicted molar refractivity (Wildman–Crippen MR) is 116 cm³/mol. The molecule has 0 unspecified atom stereocenters. The Balaban J connectivity index is 1.28. The van der Waals surface area contributed by atoms with Crippen LogP contribution in [0.3, 0.4) is 0 Å². The van der Waals surface area contributed by atoms with Crippen LogP contribution in [0.4, 0.5) is 0 Å².